The summed E-state index contributed by atoms with van der Waals surface area (Å²) in [6, 6.07) is 15.5. The number of aromatic hydroxyl groups is 1. The molecule has 0 aliphatic carbocycles. The third kappa shape index (κ3) is 3.39. The van der Waals surface area contributed by atoms with Gasteiger partial charge in [0.25, 0.3) is 0 Å². The molecule has 0 amide bonds. The lowest BCUT2D eigenvalue weighted by molar-refractivity contribution is 0.305. The maximum absolute atomic E-state index is 9.53. The molecule has 0 heterocycles. The van der Waals surface area contributed by atoms with Gasteiger partial charge in [-0.1, -0.05) is 50.0 Å². The van der Waals surface area contributed by atoms with Gasteiger partial charge in [-0.15, -0.1) is 0 Å². The quantitative estimate of drug-likeness (QED) is 0.513. The minimum atomic E-state index is 0.0920. The number of aliphatic hydroxyl groups is 1. The van der Waals surface area contributed by atoms with E-state index in [2.05, 4.69) is 17.9 Å². The van der Waals surface area contributed by atoms with Gasteiger partial charge in [0.05, 0.1) is 6.61 Å². The Balaban J connectivity index is 0.000000847. The van der Waals surface area contributed by atoms with Crippen LogP contribution in [0.15, 0.2) is 48.5 Å². The SMILES string of the molecule is CC.OCCC#Cc1ccc2c(ccc3cc(O)ccc32)c1. The molecule has 0 spiro atoms. The van der Waals surface area contributed by atoms with Crippen molar-refractivity contribution in [1.82, 2.24) is 0 Å². The van der Waals surface area contributed by atoms with E-state index < -0.39 is 0 Å². The van der Waals surface area contributed by atoms with Crippen LogP contribution in [0.2, 0.25) is 0 Å². The van der Waals surface area contributed by atoms with Crippen LogP contribution in [0.1, 0.15) is 25.8 Å². The van der Waals surface area contributed by atoms with E-state index in [0.29, 0.717) is 6.42 Å². The Bertz CT molecular complexity index is 839. The smallest absolute Gasteiger partial charge is 0.116 e. The molecule has 0 bridgehead atoms. The molecule has 0 saturated carbocycles. The summed E-state index contributed by atoms with van der Waals surface area (Å²) in [5.41, 5.74) is 0.948. The van der Waals surface area contributed by atoms with Crippen molar-refractivity contribution in [2.24, 2.45) is 0 Å². The number of fused-ring (bicyclic) bond motifs is 3. The minimum absolute atomic E-state index is 0.0920. The summed E-state index contributed by atoms with van der Waals surface area (Å²) in [6.07, 6.45) is 0.495. The molecule has 0 fully saturated rings. The van der Waals surface area contributed by atoms with Crippen molar-refractivity contribution < 1.29 is 10.2 Å². The van der Waals surface area contributed by atoms with E-state index in [0.717, 1.165) is 27.1 Å². The first-order chi connectivity index (χ1) is 10.8. The van der Waals surface area contributed by atoms with E-state index in [4.69, 9.17) is 5.11 Å². The molecule has 2 nitrogen and oxygen atoms in total. The third-order valence-electron chi connectivity index (χ3n) is 3.29. The van der Waals surface area contributed by atoms with Gasteiger partial charge in [0.15, 0.2) is 0 Å². The fourth-order valence-electron chi connectivity index (χ4n) is 2.36. The summed E-state index contributed by atoms with van der Waals surface area (Å²) < 4.78 is 0. The fraction of sp³-hybridized carbons (Fsp3) is 0.200. The fourth-order valence-corrected chi connectivity index (χ4v) is 2.36. The van der Waals surface area contributed by atoms with E-state index in [-0.39, 0.29) is 12.4 Å². The Morgan fingerprint density at radius 2 is 1.50 bits per heavy atom. The highest BCUT2D eigenvalue weighted by Gasteiger charge is 2.02. The minimum Gasteiger partial charge on any atom is -0.508 e. The largest absolute Gasteiger partial charge is 0.508 e. The zero-order chi connectivity index (χ0) is 15.9. The Morgan fingerprint density at radius 1 is 0.864 bits per heavy atom. The third-order valence-corrected chi connectivity index (χ3v) is 3.29. The average molecular weight is 292 g/mol. The van der Waals surface area contributed by atoms with E-state index >= 15 is 0 Å². The normalized spacial score (nSPS) is 9.77. The molecule has 3 aromatic carbocycles. The molecular weight excluding hydrogens is 272 g/mol. The van der Waals surface area contributed by atoms with Crippen LogP contribution in [0.3, 0.4) is 0 Å². The lowest BCUT2D eigenvalue weighted by Crippen LogP contribution is -1.81. The first-order valence-electron chi connectivity index (χ1n) is 7.53. The van der Waals surface area contributed by atoms with Gasteiger partial charge in [0.1, 0.15) is 5.75 Å². The monoisotopic (exact) mass is 292 g/mol. The van der Waals surface area contributed by atoms with Crippen molar-refractivity contribution in [2.45, 2.75) is 20.3 Å². The van der Waals surface area contributed by atoms with Gasteiger partial charge in [-0.05, 0) is 45.8 Å². The molecule has 0 radical (unpaired) electrons. The topological polar surface area (TPSA) is 40.5 Å². The number of aliphatic hydroxyl groups excluding tert-OH is 1. The number of hydrogen-bond acceptors (Lipinski definition) is 2. The molecule has 22 heavy (non-hydrogen) atoms. The van der Waals surface area contributed by atoms with Crippen molar-refractivity contribution in [1.29, 1.82) is 0 Å². The van der Waals surface area contributed by atoms with Crippen LogP contribution in [0.4, 0.5) is 0 Å². The van der Waals surface area contributed by atoms with Crippen LogP contribution in [0, 0.1) is 11.8 Å². The van der Waals surface area contributed by atoms with Crippen molar-refractivity contribution >= 4 is 21.5 Å². The maximum Gasteiger partial charge on any atom is 0.116 e. The van der Waals surface area contributed by atoms with Crippen LogP contribution in [0.25, 0.3) is 21.5 Å². The Labute approximate surface area is 131 Å². The van der Waals surface area contributed by atoms with E-state index in [1.54, 1.807) is 12.1 Å². The summed E-state index contributed by atoms with van der Waals surface area (Å²) in [5, 5.41) is 22.7. The number of phenols is 1. The van der Waals surface area contributed by atoms with E-state index in [9.17, 15) is 5.11 Å². The van der Waals surface area contributed by atoms with Crippen LogP contribution in [-0.2, 0) is 0 Å². The number of rotatable bonds is 1. The van der Waals surface area contributed by atoms with Crippen molar-refractivity contribution in [3.05, 3.63) is 54.1 Å². The highest BCUT2D eigenvalue weighted by Crippen LogP contribution is 2.28. The predicted molar refractivity (Wildman–Crippen MR) is 93.0 cm³/mol. The van der Waals surface area contributed by atoms with Gasteiger partial charge < -0.3 is 10.2 Å². The second kappa shape index (κ2) is 7.49. The molecule has 0 aliphatic rings. The first-order valence-corrected chi connectivity index (χ1v) is 7.53. The maximum atomic E-state index is 9.53. The molecule has 0 atom stereocenters. The van der Waals surface area contributed by atoms with Crippen molar-refractivity contribution in [2.75, 3.05) is 6.61 Å². The lowest BCUT2D eigenvalue weighted by atomic mass is 10.00. The molecule has 3 rings (SSSR count). The zero-order valence-corrected chi connectivity index (χ0v) is 12.9. The van der Waals surface area contributed by atoms with Gasteiger partial charge in [-0.25, -0.2) is 0 Å². The summed E-state index contributed by atoms with van der Waals surface area (Å²) >= 11 is 0. The van der Waals surface area contributed by atoms with E-state index in [1.807, 2.05) is 44.2 Å². The number of phenolic OH excluding ortho intramolecular Hbond substituents is 1. The Kier molecular flexibility index (Phi) is 5.41. The van der Waals surface area contributed by atoms with E-state index in [1.165, 1.54) is 0 Å². The predicted octanol–water partition coefficient (Wildman–Crippen LogP) is 4.46. The molecule has 0 aliphatic heterocycles. The molecule has 112 valence electrons. The Hall–Kier alpha value is -2.50. The van der Waals surface area contributed by atoms with Gasteiger partial charge >= 0.3 is 0 Å². The molecule has 0 aromatic heterocycles. The molecule has 0 saturated heterocycles. The first kappa shape index (κ1) is 15.9. The number of hydrogen-bond donors (Lipinski definition) is 2. The number of benzene rings is 3. The lowest BCUT2D eigenvalue weighted by Gasteiger charge is -2.05. The van der Waals surface area contributed by atoms with Gasteiger partial charge in [-0.2, -0.15) is 0 Å². The van der Waals surface area contributed by atoms with Crippen LogP contribution in [0.5, 0.6) is 5.75 Å². The zero-order valence-electron chi connectivity index (χ0n) is 12.9. The van der Waals surface area contributed by atoms with Crippen LogP contribution >= 0.6 is 0 Å². The van der Waals surface area contributed by atoms with Crippen LogP contribution in [-0.4, -0.2) is 16.8 Å². The van der Waals surface area contributed by atoms with Crippen molar-refractivity contribution in [3.8, 4) is 17.6 Å². The second-order valence-corrected chi connectivity index (χ2v) is 4.68. The summed E-state index contributed by atoms with van der Waals surface area (Å²) in [7, 11) is 0. The molecular formula is C20H20O2. The summed E-state index contributed by atoms with van der Waals surface area (Å²) in [4.78, 5) is 0. The van der Waals surface area contributed by atoms with Gasteiger partial charge in [-0.3, -0.25) is 0 Å². The average Bonchev–Trinajstić information content (AvgIpc) is 2.56. The highest BCUT2D eigenvalue weighted by atomic mass is 16.3. The Morgan fingerprint density at radius 3 is 2.18 bits per heavy atom. The van der Waals surface area contributed by atoms with Crippen LogP contribution < -0.4 is 0 Å². The molecule has 2 N–H and O–H groups in total. The second-order valence-electron chi connectivity index (χ2n) is 4.68. The van der Waals surface area contributed by atoms with Gasteiger partial charge in [0, 0.05) is 12.0 Å². The highest BCUT2D eigenvalue weighted by molar-refractivity contribution is 6.08. The van der Waals surface area contributed by atoms with Gasteiger partial charge in [0.2, 0.25) is 0 Å². The summed E-state index contributed by atoms with van der Waals surface area (Å²) in [6.45, 7) is 4.09. The van der Waals surface area contributed by atoms with Crippen molar-refractivity contribution in [3.63, 3.8) is 0 Å². The molecule has 0 unspecified atom stereocenters. The molecule has 3 aromatic rings. The standard InChI is InChI=1S/C18H14O2.C2H6/c19-10-2-1-3-13-4-8-17-14(11-13)5-6-15-12-16(20)7-9-18(15)17;1-2/h4-9,11-12,19-20H,2,10H2;1-2H3. The molecule has 2 heteroatoms. The summed E-state index contributed by atoms with van der Waals surface area (Å²) in [5.74, 6) is 6.25.